The monoisotopic (exact) mass is 319 g/mol. The second kappa shape index (κ2) is 7.52. The average Bonchev–Trinajstić information content (AvgIpc) is 2.88. The molecule has 0 aromatic heterocycles. The minimum atomic E-state index is 0. The van der Waals surface area contributed by atoms with Gasteiger partial charge in [-0.3, -0.25) is 9.79 Å². The molecule has 3 aliphatic rings. The summed E-state index contributed by atoms with van der Waals surface area (Å²) >= 11 is 1.56. The predicted octanol–water partition coefficient (Wildman–Crippen LogP) is 1.27. The zero-order valence-electron chi connectivity index (χ0n) is 11.5. The number of nitrogens with one attached hydrogen (secondary N) is 1. The summed E-state index contributed by atoms with van der Waals surface area (Å²) in [4.78, 5) is 18.6. The number of hydrogen-bond donors (Lipinski definition) is 1. The molecule has 0 spiro atoms. The van der Waals surface area contributed by atoms with Gasteiger partial charge in [0.15, 0.2) is 5.17 Å². The highest BCUT2D eigenvalue weighted by atomic mass is 35.5. The first-order valence-corrected chi connectivity index (χ1v) is 8.14. The van der Waals surface area contributed by atoms with Gasteiger partial charge >= 0.3 is 0 Å². The van der Waals surface area contributed by atoms with Crippen LogP contribution >= 0.6 is 24.2 Å². The third-order valence-corrected chi connectivity index (χ3v) is 4.91. The topological polar surface area (TPSA) is 53.9 Å². The number of ether oxygens (including phenoxy) is 1. The molecule has 0 radical (unpaired) electrons. The van der Waals surface area contributed by atoms with Crippen molar-refractivity contribution in [1.29, 1.82) is 0 Å². The van der Waals surface area contributed by atoms with Crippen LogP contribution in [0.1, 0.15) is 25.7 Å². The summed E-state index contributed by atoms with van der Waals surface area (Å²) in [6.07, 6.45) is 5.00. The average molecular weight is 320 g/mol. The highest BCUT2D eigenvalue weighted by Crippen LogP contribution is 2.27. The standard InChI is InChI=1S/C13H21N3O2S.ClH/c17-12(16-5-7-18-8-6-16)9-19-13-14-10-3-1-2-4-11(10)15-13;/h10-11H,1-9H2,(H,14,15);1H. The van der Waals surface area contributed by atoms with E-state index < -0.39 is 0 Å². The van der Waals surface area contributed by atoms with Crippen molar-refractivity contribution in [1.82, 2.24) is 10.2 Å². The van der Waals surface area contributed by atoms with E-state index in [1.165, 1.54) is 25.7 Å². The van der Waals surface area contributed by atoms with Crippen LogP contribution in [0.3, 0.4) is 0 Å². The molecular weight excluding hydrogens is 298 g/mol. The van der Waals surface area contributed by atoms with Gasteiger partial charge in [-0.15, -0.1) is 12.4 Å². The van der Waals surface area contributed by atoms with Crippen molar-refractivity contribution in [3.8, 4) is 0 Å². The first-order valence-electron chi connectivity index (χ1n) is 7.15. The number of carbonyl (C=O) groups excluding carboxylic acids is 1. The van der Waals surface area contributed by atoms with Gasteiger partial charge in [-0.05, 0) is 12.8 Å². The zero-order chi connectivity index (χ0) is 13.1. The van der Waals surface area contributed by atoms with Crippen LogP contribution in [0, 0.1) is 0 Å². The molecule has 2 aliphatic heterocycles. The molecule has 7 heteroatoms. The van der Waals surface area contributed by atoms with Gasteiger partial charge in [0, 0.05) is 13.1 Å². The number of amidine groups is 1. The van der Waals surface area contributed by atoms with Crippen LogP contribution in [0.4, 0.5) is 0 Å². The fourth-order valence-electron chi connectivity index (χ4n) is 2.89. The van der Waals surface area contributed by atoms with Crippen molar-refractivity contribution in [2.24, 2.45) is 4.99 Å². The third-order valence-electron chi connectivity index (χ3n) is 4.02. The van der Waals surface area contributed by atoms with Crippen molar-refractivity contribution < 1.29 is 9.53 Å². The summed E-state index contributed by atoms with van der Waals surface area (Å²) in [6.45, 7) is 2.79. The molecule has 3 rings (SSSR count). The summed E-state index contributed by atoms with van der Waals surface area (Å²) < 4.78 is 5.26. The molecule has 0 aromatic carbocycles. The molecule has 1 saturated carbocycles. The summed E-state index contributed by atoms with van der Waals surface area (Å²) in [6, 6.07) is 0.976. The van der Waals surface area contributed by atoms with E-state index in [1.807, 2.05) is 4.90 Å². The van der Waals surface area contributed by atoms with E-state index in [4.69, 9.17) is 9.73 Å². The second-order valence-corrected chi connectivity index (χ2v) is 6.28. The zero-order valence-corrected chi connectivity index (χ0v) is 13.2. The van der Waals surface area contributed by atoms with Crippen LogP contribution in [-0.4, -0.2) is 60.1 Å². The van der Waals surface area contributed by atoms with Crippen LogP contribution in [0.5, 0.6) is 0 Å². The smallest absolute Gasteiger partial charge is 0.233 e. The van der Waals surface area contributed by atoms with Gasteiger partial charge in [0.2, 0.25) is 5.91 Å². The molecule has 114 valence electrons. The van der Waals surface area contributed by atoms with Crippen molar-refractivity contribution in [2.45, 2.75) is 37.8 Å². The third kappa shape index (κ3) is 3.80. The molecule has 1 aliphatic carbocycles. The lowest BCUT2D eigenvalue weighted by molar-refractivity contribution is -0.132. The Balaban J connectivity index is 0.00000147. The van der Waals surface area contributed by atoms with E-state index in [2.05, 4.69) is 5.32 Å². The first-order chi connectivity index (χ1) is 9.33. The number of morpholine rings is 1. The van der Waals surface area contributed by atoms with E-state index in [0.717, 1.165) is 18.3 Å². The lowest BCUT2D eigenvalue weighted by Crippen LogP contribution is -2.42. The Hall–Kier alpha value is -0.460. The van der Waals surface area contributed by atoms with Gasteiger partial charge in [0.05, 0.1) is 31.1 Å². The number of halogens is 1. The fourth-order valence-corrected chi connectivity index (χ4v) is 3.78. The molecule has 20 heavy (non-hydrogen) atoms. The van der Waals surface area contributed by atoms with Crippen LogP contribution in [-0.2, 0) is 9.53 Å². The van der Waals surface area contributed by atoms with Gasteiger partial charge < -0.3 is 15.0 Å². The number of thioether (sulfide) groups is 1. The van der Waals surface area contributed by atoms with E-state index >= 15 is 0 Å². The van der Waals surface area contributed by atoms with Gasteiger partial charge in [0.1, 0.15) is 0 Å². The maximum atomic E-state index is 12.0. The normalized spacial score (nSPS) is 29.0. The van der Waals surface area contributed by atoms with Gasteiger partial charge in [-0.1, -0.05) is 24.6 Å². The lowest BCUT2D eigenvalue weighted by atomic mass is 9.92. The molecule has 5 nitrogen and oxygen atoms in total. The summed E-state index contributed by atoms with van der Waals surface area (Å²) in [5.74, 6) is 0.693. The van der Waals surface area contributed by atoms with Crippen molar-refractivity contribution in [2.75, 3.05) is 32.1 Å². The summed E-state index contributed by atoms with van der Waals surface area (Å²) in [7, 11) is 0. The van der Waals surface area contributed by atoms with Crippen LogP contribution in [0.15, 0.2) is 4.99 Å². The molecule has 2 unspecified atom stereocenters. The largest absolute Gasteiger partial charge is 0.378 e. The molecule has 1 amide bonds. The maximum Gasteiger partial charge on any atom is 0.233 e. The number of carbonyl (C=O) groups is 1. The number of aliphatic imine (C=N–C) groups is 1. The Bertz CT molecular complexity index is 375. The van der Waals surface area contributed by atoms with Crippen molar-refractivity contribution in [3.63, 3.8) is 0 Å². The molecule has 0 bridgehead atoms. The Kier molecular flexibility index (Phi) is 5.99. The predicted molar refractivity (Wildman–Crippen MR) is 83.7 cm³/mol. The maximum absolute atomic E-state index is 12.0. The van der Waals surface area contributed by atoms with E-state index in [9.17, 15) is 4.79 Å². The lowest BCUT2D eigenvalue weighted by Gasteiger charge is -2.26. The minimum absolute atomic E-state index is 0. The van der Waals surface area contributed by atoms with E-state index in [1.54, 1.807) is 11.8 Å². The Morgan fingerprint density at radius 1 is 1.35 bits per heavy atom. The number of amides is 1. The highest BCUT2D eigenvalue weighted by molar-refractivity contribution is 8.14. The van der Waals surface area contributed by atoms with Gasteiger partial charge in [0.25, 0.3) is 0 Å². The van der Waals surface area contributed by atoms with E-state index in [0.29, 0.717) is 31.1 Å². The first kappa shape index (κ1) is 15.9. The Labute approximate surface area is 130 Å². The fraction of sp³-hybridized carbons (Fsp3) is 0.846. The van der Waals surface area contributed by atoms with Gasteiger partial charge in [-0.25, -0.2) is 0 Å². The second-order valence-electron chi connectivity index (χ2n) is 5.32. The molecule has 0 aromatic rings. The SMILES string of the molecule is Cl.O=C(CSC1=NC2CCCCC2N1)N1CCOCC1. The molecule has 2 fully saturated rings. The van der Waals surface area contributed by atoms with Crippen LogP contribution in [0.25, 0.3) is 0 Å². The molecule has 2 atom stereocenters. The number of fused-ring (bicyclic) bond motifs is 1. The Morgan fingerprint density at radius 2 is 2.10 bits per heavy atom. The summed E-state index contributed by atoms with van der Waals surface area (Å²) in [5.41, 5.74) is 0. The Morgan fingerprint density at radius 3 is 2.85 bits per heavy atom. The van der Waals surface area contributed by atoms with Crippen LogP contribution < -0.4 is 5.32 Å². The highest BCUT2D eigenvalue weighted by Gasteiger charge is 2.31. The van der Waals surface area contributed by atoms with Crippen molar-refractivity contribution >= 4 is 35.2 Å². The minimum Gasteiger partial charge on any atom is -0.378 e. The van der Waals surface area contributed by atoms with Crippen molar-refractivity contribution in [3.05, 3.63) is 0 Å². The number of rotatable bonds is 2. The molecule has 1 N–H and O–H groups in total. The molecular formula is C13H22ClN3O2S. The quantitative estimate of drug-likeness (QED) is 0.833. The van der Waals surface area contributed by atoms with Crippen LogP contribution in [0.2, 0.25) is 0 Å². The van der Waals surface area contributed by atoms with Gasteiger partial charge in [-0.2, -0.15) is 0 Å². The number of hydrogen-bond acceptors (Lipinski definition) is 5. The number of nitrogens with zero attached hydrogens (tertiary/aromatic N) is 2. The molecule has 1 saturated heterocycles. The summed E-state index contributed by atoms with van der Waals surface area (Å²) in [5, 5.41) is 4.44. The molecule has 2 heterocycles. The van der Waals surface area contributed by atoms with E-state index in [-0.39, 0.29) is 18.3 Å².